The van der Waals surface area contributed by atoms with Gasteiger partial charge < -0.3 is 21.7 Å². The summed E-state index contributed by atoms with van der Waals surface area (Å²) in [5, 5.41) is 9.03. The summed E-state index contributed by atoms with van der Waals surface area (Å²) in [6.45, 7) is 4.70. The van der Waals surface area contributed by atoms with Gasteiger partial charge in [0.2, 0.25) is 11.8 Å². The number of rotatable bonds is 9. The first-order valence-corrected chi connectivity index (χ1v) is 12.6. The number of nitrogen functional groups attached to an aromatic ring is 1. The maximum Gasteiger partial charge on any atom is 0.242 e. The Labute approximate surface area is 212 Å². The van der Waals surface area contributed by atoms with Crippen molar-refractivity contribution in [3.05, 3.63) is 83.6 Å². The minimum Gasteiger partial charge on any atom is -0.384 e. The summed E-state index contributed by atoms with van der Waals surface area (Å²) in [4.78, 5) is 29.4. The molecule has 1 aliphatic heterocycles. The van der Waals surface area contributed by atoms with Gasteiger partial charge in [0.15, 0.2) is 0 Å². The van der Waals surface area contributed by atoms with Crippen molar-refractivity contribution in [1.29, 1.82) is 0 Å². The van der Waals surface area contributed by atoms with Gasteiger partial charge in [0.25, 0.3) is 0 Å². The van der Waals surface area contributed by atoms with Crippen molar-refractivity contribution in [2.24, 2.45) is 5.92 Å². The molecule has 3 atom stereocenters. The van der Waals surface area contributed by atoms with Crippen LogP contribution in [0.3, 0.4) is 0 Å². The molecule has 2 amide bonds. The van der Waals surface area contributed by atoms with Crippen LogP contribution in [0.2, 0.25) is 0 Å². The molecule has 5 N–H and O–H groups in total. The number of hydrogen-bond donors (Lipinski definition) is 4. The Morgan fingerprint density at radius 3 is 2.50 bits per heavy atom. The molecule has 7 nitrogen and oxygen atoms in total. The minimum absolute atomic E-state index is 0.127. The topological polar surface area (TPSA) is 109 Å². The number of amides is 2. The summed E-state index contributed by atoms with van der Waals surface area (Å²) in [5.74, 6) is 0.525. The van der Waals surface area contributed by atoms with E-state index < -0.39 is 6.04 Å². The maximum absolute atomic E-state index is 12.7. The smallest absolute Gasteiger partial charge is 0.242 e. The van der Waals surface area contributed by atoms with Crippen molar-refractivity contribution in [2.45, 2.75) is 51.7 Å². The average Bonchev–Trinajstić information content (AvgIpc) is 3.37. The highest BCUT2D eigenvalue weighted by atomic mass is 16.2. The van der Waals surface area contributed by atoms with Crippen molar-refractivity contribution < 1.29 is 9.59 Å². The Hall–Kier alpha value is -3.71. The number of pyridine rings is 1. The van der Waals surface area contributed by atoms with Crippen molar-refractivity contribution in [3.63, 3.8) is 0 Å². The molecular formula is C29H35N5O2. The SMILES string of the molecule is Cc1nc(N)ccc1CNC(=O)[C@H](C)NC(=O)[C@H]1C[C@H](CCc2ccc(-c3ccccc3)cc2)CN1. The van der Waals surface area contributed by atoms with Crippen LogP contribution in [0.5, 0.6) is 0 Å². The zero-order valence-corrected chi connectivity index (χ0v) is 21.0. The summed E-state index contributed by atoms with van der Waals surface area (Å²) in [6.07, 6.45) is 2.78. The van der Waals surface area contributed by atoms with Crippen molar-refractivity contribution in [1.82, 2.24) is 20.9 Å². The average molecular weight is 486 g/mol. The normalized spacial score (nSPS) is 17.9. The number of aryl methyl sites for hydroxylation is 2. The van der Waals surface area contributed by atoms with Crippen LogP contribution < -0.4 is 21.7 Å². The first kappa shape index (κ1) is 25.4. The highest BCUT2D eigenvalue weighted by Gasteiger charge is 2.30. The van der Waals surface area contributed by atoms with Gasteiger partial charge in [-0.1, -0.05) is 60.7 Å². The van der Waals surface area contributed by atoms with Crippen LogP contribution in [0.25, 0.3) is 11.1 Å². The molecule has 0 spiro atoms. The lowest BCUT2D eigenvalue weighted by molar-refractivity contribution is -0.129. The third-order valence-electron chi connectivity index (χ3n) is 6.86. The summed E-state index contributed by atoms with van der Waals surface area (Å²) < 4.78 is 0. The molecule has 2 heterocycles. The molecular weight excluding hydrogens is 450 g/mol. The number of aromatic nitrogens is 1. The monoisotopic (exact) mass is 485 g/mol. The van der Waals surface area contributed by atoms with E-state index in [0.29, 0.717) is 18.3 Å². The molecule has 7 heteroatoms. The second kappa shape index (κ2) is 11.8. The number of anilines is 1. The van der Waals surface area contributed by atoms with Crippen LogP contribution in [0.1, 0.15) is 36.6 Å². The van der Waals surface area contributed by atoms with Gasteiger partial charge in [0, 0.05) is 12.2 Å². The maximum atomic E-state index is 12.7. The number of carbonyl (C=O) groups is 2. The lowest BCUT2D eigenvalue weighted by atomic mass is 9.95. The minimum atomic E-state index is -0.622. The van der Waals surface area contributed by atoms with Gasteiger partial charge in [-0.25, -0.2) is 4.98 Å². The molecule has 1 aromatic heterocycles. The van der Waals surface area contributed by atoms with Gasteiger partial charge >= 0.3 is 0 Å². The molecule has 0 bridgehead atoms. The number of nitrogens with two attached hydrogens (primary N) is 1. The van der Waals surface area contributed by atoms with Crippen LogP contribution in [0.4, 0.5) is 5.82 Å². The molecule has 4 rings (SSSR count). The molecule has 0 radical (unpaired) electrons. The number of hydrogen-bond acceptors (Lipinski definition) is 5. The first-order chi connectivity index (χ1) is 17.4. The van der Waals surface area contributed by atoms with Crippen LogP contribution in [-0.2, 0) is 22.6 Å². The van der Waals surface area contributed by atoms with Crippen LogP contribution in [-0.4, -0.2) is 35.4 Å². The van der Waals surface area contributed by atoms with Gasteiger partial charge in [-0.05, 0) is 73.9 Å². The van der Waals surface area contributed by atoms with E-state index in [1.54, 1.807) is 13.0 Å². The van der Waals surface area contributed by atoms with E-state index in [4.69, 9.17) is 5.73 Å². The van der Waals surface area contributed by atoms with Crippen LogP contribution in [0.15, 0.2) is 66.7 Å². The Kier molecular flexibility index (Phi) is 8.33. The predicted octanol–water partition coefficient (Wildman–Crippen LogP) is 3.37. The van der Waals surface area contributed by atoms with Gasteiger partial charge in [-0.2, -0.15) is 0 Å². The van der Waals surface area contributed by atoms with E-state index in [2.05, 4.69) is 69.5 Å². The van der Waals surface area contributed by atoms with E-state index >= 15 is 0 Å². The predicted molar refractivity (Wildman–Crippen MR) is 143 cm³/mol. The highest BCUT2D eigenvalue weighted by molar-refractivity contribution is 5.89. The van der Waals surface area contributed by atoms with E-state index in [0.717, 1.165) is 37.1 Å². The molecule has 1 saturated heterocycles. The Morgan fingerprint density at radius 1 is 1.06 bits per heavy atom. The van der Waals surface area contributed by atoms with Gasteiger partial charge in [0.05, 0.1) is 6.04 Å². The lowest BCUT2D eigenvalue weighted by Gasteiger charge is -2.17. The Bertz CT molecular complexity index is 1180. The number of nitrogens with zero attached hydrogens (tertiary/aromatic N) is 1. The summed E-state index contributed by atoms with van der Waals surface area (Å²) in [5.41, 5.74) is 11.1. The Morgan fingerprint density at radius 2 is 1.78 bits per heavy atom. The lowest BCUT2D eigenvalue weighted by Crippen LogP contribution is -2.50. The Balaban J connectivity index is 1.19. The fourth-order valence-corrected chi connectivity index (χ4v) is 4.60. The second-order valence-corrected chi connectivity index (χ2v) is 9.59. The largest absolute Gasteiger partial charge is 0.384 e. The molecule has 188 valence electrons. The van der Waals surface area contributed by atoms with E-state index in [1.165, 1.54) is 16.7 Å². The molecule has 1 aliphatic rings. The standard InChI is InChI=1S/C29H35N5O2/c1-19-25(14-15-27(30)33-19)18-32-28(35)20(2)34-29(36)26-16-22(17-31-26)9-8-21-10-12-24(13-11-21)23-6-4-3-5-7-23/h3-7,10-15,20,22,26,31H,8-9,16-18H2,1-2H3,(H2,30,33)(H,32,35)(H,34,36)/t20-,22-,26+/m0/s1. The van der Waals surface area contributed by atoms with E-state index in [-0.39, 0.29) is 17.9 Å². The quantitative estimate of drug-likeness (QED) is 0.372. The van der Waals surface area contributed by atoms with Crippen molar-refractivity contribution >= 4 is 17.6 Å². The fraction of sp³-hybridized carbons (Fsp3) is 0.345. The molecule has 2 aromatic carbocycles. The number of nitrogens with one attached hydrogen (secondary N) is 3. The van der Waals surface area contributed by atoms with Crippen LogP contribution in [0, 0.1) is 12.8 Å². The van der Waals surface area contributed by atoms with Crippen molar-refractivity contribution in [3.8, 4) is 11.1 Å². The van der Waals surface area contributed by atoms with Gasteiger partial charge in [0.1, 0.15) is 11.9 Å². The third kappa shape index (κ3) is 6.70. The molecule has 1 fully saturated rings. The second-order valence-electron chi connectivity index (χ2n) is 9.59. The summed E-state index contributed by atoms with van der Waals surface area (Å²) >= 11 is 0. The molecule has 0 aliphatic carbocycles. The van der Waals surface area contributed by atoms with E-state index in [1.807, 2.05) is 19.1 Å². The van der Waals surface area contributed by atoms with Gasteiger partial charge in [-0.15, -0.1) is 0 Å². The zero-order valence-electron chi connectivity index (χ0n) is 21.0. The number of benzene rings is 2. The molecule has 0 unspecified atom stereocenters. The zero-order chi connectivity index (χ0) is 25.5. The van der Waals surface area contributed by atoms with E-state index in [9.17, 15) is 9.59 Å². The number of carbonyl (C=O) groups excluding carboxylic acids is 2. The molecule has 3 aromatic rings. The van der Waals surface area contributed by atoms with Crippen molar-refractivity contribution in [2.75, 3.05) is 12.3 Å². The summed E-state index contributed by atoms with van der Waals surface area (Å²) in [6, 6.07) is 21.8. The van der Waals surface area contributed by atoms with Gasteiger partial charge in [-0.3, -0.25) is 9.59 Å². The summed E-state index contributed by atoms with van der Waals surface area (Å²) in [7, 11) is 0. The highest BCUT2D eigenvalue weighted by Crippen LogP contribution is 2.23. The van der Waals surface area contributed by atoms with Crippen LogP contribution >= 0.6 is 0 Å². The molecule has 36 heavy (non-hydrogen) atoms. The molecule has 0 saturated carbocycles. The third-order valence-corrected chi connectivity index (χ3v) is 6.86. The first-order valence-electron chi connectivity index (χ1n) is 12.6. The fourth-order valence-electron chi connectivity index (χ4n) is 4.60.